The molecule has 3 rings (SSSR count). The predicted molar refractivity (Wildman–Crippen MR) is 159 cm³/mol. The number of aryl methyl sites for hydroxylation is 6. The first-order chi connectivity index (χ1) is 19.0. The van der Waals surface area contributed by atoms with Crippen LogP contribution >= 0.6 is 0 Å². The van der Waals surface area contributed by atoms with Gasteiger partial charge in [-0.15, -0.1) is 0 Å². The first-order valence-corrected chi connectivity index (χ1v) is 16.5. The molecule has 0 amide bonds. The zero-order valence-electron chi connectivity index (χ0n) is 25.2. The monoisotopic (exact) mass is 573 g/mol. The standard InChI is InChI=1S/C28H45N6.C4H5.Mn/c1-7-13-22-19-25(16-10-4)32(29-22)28(33-26(17-11-5)20-23(30-33)14-8-2)34-27(18-12-6)21-24(31-34)15-9-3;1-3-4-2;/h19-21H,7-18H2,1-6H3;1,3-4H,2H2;. The summed E-state index contributed by atoms with van der Waals surface area (Å²) in [6, 6.07) is 6.99. The summed E-state index contributed by atoms with van der Waals surface area (Å²) >= 11 is 0.288. The summed E-state index contributed by atoms with van der Waals surface area (Å²) in [7, 11) is 0. The van der Waals surface area contributed by atoms with E-state index in [4.69, 9.17) is 15.3 Å². The van der Waals surface area contributed by atoms with Crippen molar-refractivity contribution < 1.29 is 15.0 Å². The third-order valence-electron chi connectivity index (χ3n) is 6.76. The van der Waals surface area contributed by atoms with Crippen LogP contribution in [0.2, 0.25) is 0 Å². The van der Waals surface area contributed by atoms with Crippen LogP contribution in [0.4, 0.5) is 0 Å². The summed E-state index contributed by atoms with van der Waals surface area (Å²) in [5, 5.41) is 16.1. The Morgan fingerprint density at radius 2 is 0.949 bits per heavy atom. The van der Waals surface area contributed by atoms with E-state index in [1.807, 2.05) is 6.08 Å². The number of allylic oxidation sites excluding steroid dienone is 2. The molecule has 39 heavy (non-hydrogen) atoms. The van der Waals surface area contributed by atoms with Crippen molar-refractivity contribution >= 4 is 0 Å². The van der Waals surface area contributed by atoms with E-state index in [0.29, 0.717) is 0 Å². The first kappa shape index (κ1) is 31.2. The fourth-order valence-electron chi connectivity index (χ4n) is 5.18. The van der Waals surface area contributed by atoms with Gasteiger partial charge in [0, 0.05) is 0 Å². The maximum absolute atomic E-state index is 5.38. The zero-order chi connectivity index (χ0) is 28.3. The van der Waals surface area contributed by atoms with E-state index in [2.05, 4.69) is 91.4 Å². The fraction of sp³-hybridized carbons (Fsp3) is 0.594. The van der Waals surface area contributed by atoms with Crippen molar-refractivity contribution in [3.63, 3.8) is 0 Å². The Hall–Kier alpha value is -2.37. The molecule has 3 aromatic rings. The minimum absolute atomic E-state index is 0.288. The molecular weight excluding hydrogens is 523 g/mol. The van der Waals surface area contributed by atoms with E-state index < -0.39 is 4.69 Å². The van der Waals surface area contributed by atoms with Crippen LogP contribution in [0.25, 0.3) is 0 Å². The molecule has 0 bridgehead atoms. The molecule has 0 atom stereocenters. The minimum atomic E-state index is -0.730. The first-order valence-electron chi connectivity index (χ1n) is 15.2. The molecule has 3 aromatic heterocycles. The van der Waals surface area contributed by atoms with Gasteiger partial charge in [0.15, 0.2) is 0 Å². The topological polar surface area (TPSA) is 53.5 Å². The maximum atomic E-state index is 5.38. The van der Waals surface area contributed by atoms with Crippen LogP contribution in [0.1, 0.15) is 114 Å². The zero-order valence-corrected chi connectivity index (χ0v) is 26.4. The van der Waals surface area contributed by atoms with E-state index >= 15 is 0 Å². The van der Waals surface area contributed by atoms with E-state index in [9.17, 15) is 0 Å². The van der Waals surface area contributed by atoms with E-state index in [1.54, 1.807) is 0 Å². The molecule has 215 valence electrons. The average Bonchev–Trinajstić information content (AvgIpc) is 3.62. The Morgan fingerprint density at radius 3 is 1.23 bits per heavy atom. The molecule has 0 radical (unpaired) electrons. The summed E-state index contributed by atoms with van der Waals surface area (Å²) in [4.78, 5) is 2.25. The van der Waals surface area contributed by atoms with Crippen molar-refractivity contribution in [3.8, 4) is 0 Å². The summed E-state index contributed by atoms with van der Waals surface area (Å²) in [6.07, 6.45) is 16.1. The van der Waals surface area contributed by atoms with Gasteiger partial charge in [-0.25, -0.2) is 0 Å². The molecule has 0 aromatic carbocycles. The second-order valence-corrected chi connectivity index (χ2v) is 11.9. The van der Waals surface area contributed by atoms with Crippen LogP contribution in [-0.2, 0) is 58.2 Å². The SMILES string of the molecule is C=CC=[CH][Mn][C](n1nc(CCC)cc1CCC)(n1nc(CCC)cc1CCC)n1nc(CCC)cc1CCC. The summed E-state index contributed by atoms with van der Waals surface area (Å²) in [6.45, 7) is 17.4. The quantitative estimate of drug-likeness (QED) is 0.117. The van der Waals surface area contributed by atoms with Crippen LogP contribution in [-0.4, -0.2) is 29.3 Å². The molecule has 0 fully saturated rings. The van der Waals surface area contributed by atoms with Gasteiger partial charge in [-0.05, 0) is 0 Å². The van der Waals surface area contributed by atoms with Gasteiger partial charge in [-0.1, -0.05) is 0 Å². The van der Waals surface area contributed by atoms with Gasteiger partial charge in [0.1, 0.15) is 0 Å². The molecule has 0 saturated heterocycles. The Bertz CT molecular complexity index is 1070. The van der Waals surface area contributed by atoms with E-state index in [0.717, 1.165) is 94.1 Å². The Morgan fingerprint density at radius 1 is 0.615 bits per heavy atom. The van der Waals surface area contributed by atoms with E-state index in [1.165, 1.54) is 17.1 Å². The number of nitrogens with zero attached hydrogens (tertiary/aromatic N) is 6. The molecule has 0 N–H and O–H groups in total. The third kappa shape index (κ3) is 7.04. The number of hydrogen-bond acceptors (Lipinski definition) is 3. The summed E-state index contributed by atoms with van der Waals surface area (Å²) in [5.74, 6) is 0. The predicted octanol–water partition coefficient (Wildman–Crippen LogP) is 7.44. The Kier molecular flexibility index (Phi) is 12.3. The molecule has 7 heteroatoms. The van der Waals surface area contributed by atoms with Gasteiger partial charge in [-0.3, -0.25) is 0 Å². The van der Waals surface area contributed by atoms with Gasteiger partial charge in [-0.2, -0.15) is 0 Å². The number of rotatable bonds is 18. The molecule has 3 heterocycles. The molecule has 0 spiro atoms. The van der Waals surface area contributed by atoms with Gasteiger partial charge in [0.05, 0.1) is 0 Å². The van der Waals surface area contributed by atoms with Crippen LogP contribution in [0.3, 0.4) is 0 Å². The second kappa shape index (κ2) is 15.4. The van der Waals surface area contributed by atoms with Crippen molar-refractivity contribution in [2.24, 2.45) is 0 Å². The fourth-order valence-corrected chi connectivity index (χ4v) is 6.84. The summed E-state index contributed by atoms with van der Waals surface area (Å²) in [5.41, 5.74) is 7.22. The van der Waals surface area contributed by atoms with Gasteiger partial charge >= 0.3 is 244 Å². The van der Waals surface area contributed by atoms with Crippen LogP contribution in [0, 0.1) is 0 Å². The van der Waals surface area contributed by atoms with Crippen molar-refractivity contribution in [3.05, 3.63) is 76.1 Å². The van der Waals surface area contributed by atoms with Gasteiger partial charge in [0.25, 0.3) is 0 Å². The average molecular weight is 574 g/mol. The molecule has 0 aliphatic rings. The van der Waals surface area contributed by atoms with Crippen LogP contribution in [0.5, 0.6) is 0 Å². The molecular formula is C32H50MnN6. The van der Waals surface area contributed by atoms with Crippen molar-refractivity contribution in [2.45, 2.75) is 123 Å². The van der Waals surface area contributed by atoms with Crippen LogP contribution in [0.15, 0.2) is 41.9 Å². The molecule has 0 aliphatic heterocycles. The number of hydrogen-bond donors (Lipinski definition) is 0. The molecule has 0 aliphatic carbocycles. The molecule has 6 nitrogen and oxygen atoms in total. The Balaban J connectivity index is 2.50. The number of aromatic nitrogens is 6. The van der Waals surface area contributed by atoms with Crippen molar-refractivity contribution in [2.75, 3.05) is 0 Å². The van der Waals surface area contributed by atoms with Gasteiger partial charge < -0.3 is 0 Å². The van der Waals surface area contributed by atoms with E-state index in [-0.39, 0.29) is 15.0 Å². The summed E-state index contributed by atoms with van der Waals surface area (Å²) < 4.78 is 6.18. The second-order valence-electron chi connectivity index (χ2n) is 10.3. The van der Waals surface area contributed by atoms with Crippen molar-refractivity contribution in [1.29, 1.82) is 0 Å². The molecule has 0 unspecified atom stereocenters. The van der Waals surface area contributed by atoms with Gasteiger partial charge in [0.2, 0.25) is 0 Å². The van der Waals surface area contributed by atoms with Crippen LogP contribution < -0.4 is 0 Å². The normalized spacial score (nSPS) is 12.2. The third-order valence-corrected chi connectivity index (χ3v) is 8.40. The molecule has 0 saturated carbocycles. The van der Waals surface area contributed by atoms with Crippen molar-refractivity contribution in [1.82, 2.24) is 29.3 Å². The Labute approximate surface area is 243 Å².